The summed E-state index contributed by atoms with van der Waals surface area (Å²) in [6, 6.07) is 10.2. The zero-order valence-electron chi connectivity index (χ0n) is 10.4. The minimum atomic E-state index is 0.196. The van der Waals surface area contributed by atoms with E-state index in [4.69, 9.17) is 0 Å². The van der Waals surface area contributed by atoms with Crippen LogP contribution < -0.4 is 0 Å². The summed E-state index contributed by atoms with van der Waals surface area (Å²) >= 11 is 1.43. The van der Waals surface area contributed by atoms with E-state index in [2.05, 4.69) is 15.5 Å². The summed E-state index contributed by atoms with van der Waals surface area (Å²) < 4.78 is 1.83. The second kappa shape index (κ2) is 5.52. The van der Waals surface area contributed by atoms with Gasteiger partial charge in [-0.2, -0.15) is 0 Å². The minimum absolute atomic E-state index is 0.196. The molecule has 0 bridgehead atoms. The Balaban J connectivity index is 1.54. The van der Waals surface area contributed by atoms with Gasteiger partial charge in [0, 0.05) is 6.42 Å². The van der Waals surface area contributed by atoms with Crippen LogP contribution >= 0.6 is 11.8 Å². The zero-order chi connectivity index (χ0) is 13.1. The van der Waals surface area contributed by atoms with E-state index in [1.165, 1.54) is 11.8 Å². The van der Waals surface area contributed by atoms with Crippen molar-refractivity contribution in [1.29, 1.82) is 0 Å². The number of tetrazole rings is 1. The number of rotatable bonds is 6. The third-order valence-corrected chi connectivity index (χ3v) is 3.95. The number of carbonyl (C=O) groups excluding carboxylic acids is 1. The number of benzene rings is 1. The quantitative estimate of drug-likeness (QED) is 0.753. The molecule has 0 spiro atoms. The molecule has 1 aliphatic carbocycles. The van der Waals surface area contributed by atoms with Gasteiger partial charge in [0.1, 0.15) is 5.78 Å². The molecular weight excluding hydrogens is 260 g/mol. The van der Waals surface area contributed by atoms with Gasteiger partial charge >= 0.3 is 0 Å². The molecular formula is C13H14N4OS. The Kier molecular flexibility index (Phi) is 3.59. The van der Waals surface area contributed by atoms with Gasteiger partial charge < -0.3 is 0 Å². The van der Waals surface area contributed by atoms with Gasteiger partial charge in [0.25, 0.3) is 0 Å². The number of carbonyl (C=O) groups is 1. The average molecular weight is 274 g/mol. The van der Waals surface area contributed by atoms with Crippen molar-refractivity contribution in [2.24, 2.45) is 0 Å². The Hall–Kier alpha value is -1.69. The van der Waals surface area contributed by atoms with Crippen molar-refractivity contribution in [2.75, 3.05) is 5.75 Å². The summed E-state index contributed by atoms with van der Waals surface area (Å²) in [5.74, 6) is 0.615. The summed E-state index contributed by atoms with van der Waals surface area (Å²) in [6.45, 7) is 0. The van der Waals surface area contributed by atoms with Crippen molar-refractivity contribution in [1.82, 2.24) is 20.2 Å². The molecule has 1 aromatic heterocycles. The summed E-state index contributed by atoms with van der Waals surface area (Å²) in [6.07, 6.45) is 2.74. The lowest BCUT2D eigenvalue weighted by atomic mass is 10.1. The maximum Gasteiger partial charge on any atom is 0.210 e. The number of hydrogen-bond acceptors (Lipinski definition) is 5. The Bertz CT molecular complexity index is 565. The molecule has 2 aromatic rings. The number of thioether (sulfide) groups is 1. The fraction of sp³-hybridized carbons (Fsp3) is 0.385. The molecule has 1 aliphatic rings. The van der Waals surface area contributed by atoms with E-state index in [0.29, 0.717) is 18.2 Å². The van der Waals surface area contributed by atoms with Crippen LogP contribution in [0.25, 0.3) is 0 Å². The molecule has 0 amide bonds. The van der Waals surface area contributed by atoms with Crippen LogP contribution in [0.2, 0.25) is 0 Å². The molecule has 98 valence electrons. The highest BCUT2D eigenvalue weighted by Crippen LogP contribution is 2.36. The van der Waals surface area contributed by atoms with Crippen LogP contribution in [0, 0.1) is 0 Å². The third-order valence-electron chi connectivity index (χ3n) is 2.96. The van der Waals surface area contributed by atoms with Crippen LogP contribution in [0.3, 0.4) is 0 Å². The Morgan fingerprint density at radius 2 is 2.11 bits per heavy atom. The van der Waals surface area contributed by atoms with Crippen LogP contribution in [0.4, 0.5) is 0 Å². The van der Waals surface area contributed by atoms with Gasteiger partial charge in [-0.25, -0.2) is 4.68 Å². The van der Waals surface area contributed by atoms with Gasteiger partial charge in [-0.05, 0) is 28.8 Å². The molecule has 19 heavy (non-hydrogen) atoms. The fourth-order valence-electron chi connectivity index (χ4n) is 1.85. The van der Waals surface area contributed by atoms with Gasteiger partial charge in [0.2, 0.25) is 5.16 Å². The van der Waals surface area contributed by atoms with E-state index in [0.717, 1.165) is 23.6 Å². The first-order chi connectivity index (χ1) is 9.33. The van der Waals surface area contributed by atoms with Gasteiger partial charge in [0.15, 0.2) is 0 Å². The molecule has 0 unspecified atom stereocenters. The average Bonchev–Trinajstić information content (AvgIpc) is 3.16. The first-order valence-electron chi connectivity index (χ1n) is 6.29. The number of Topliss-reactive ketones (excluding diaryl/α,β-unsaturated/α-hetero) is 1. The molecule has 3 rings (SSSR count). The van der Waals surface area contributed by atoms with Crippen molar-refractivity contribution in [3.63, 3.8) is 0 Å². The largest absolute Gasteiger partial charge is 0.298 e. The maximum atomic E-state index is 11.9. The Morgan fingerprint density at radius 3 is 2.84 bits per heavy atom. The van der Waals surface area contributed by atoms with Crippen LogP contribution in [0.15, 0.2) is 35.5 Å². The van der Waals surface area contributed by atoms with Crippen molar-refractivity contribution >= 4 is 17.5 Å². The van der Waals surface area contributed by atoms with Gasteiger partial charge in [-0.3, -0.25) is 4.79 Å². The van der Waals surface area contributed by atoms with Gasteiger partial charge in [-0.1, -0.05) is 42.1 Å². The minimum Gasteiger partial charge on any atom is -0.298 e. The number of nitrogens with zero attached hydrogens (tertiary/aromatic N) is 4. The summed E-state index contributed by atoms with van der Waals surface area (Å²) in [5.41, 5.74) is 1.05. The standard InChI is InChI=1S/C13H14N4OS/c18-12(8-10-4-2-1-3-5-10)9-19-13-14-15-16-17(13)11-6-7-11/h1-5,11H,6-9H2. The van der Waals surface area contributed by atoms with Crippen LogP contribution in [0.1, 0.15) is 24.4 Å². The van der Waals surface area contributed by atoms with E-state index in [1.54, 1.807) is 0 Å². The lowest BCUT2D eigenvalue weighted by molar-refractivity contribution is -0.116. The second-order valence-electron chi connectivity index (χ2n) is 4.63. The molecule has 0 N–H and O–H groups in total. The van der Waals surface area contributed by atoms with Crippen molar-refractivity contribution < 1.29 is 4.79 Å². The molecule has 1 fully saturated rings. The van der Waals surface area contributed by atoms with E-state index >= 15 is 0 Å². The maximum absolute atomic E-state index is 11.9. The molecule has 1 saturated carbocycles. The molecule has 0 atom stereocenters. The Labute approximate surface area is 115 Å². The smallest absolute Gasteiger partial charge is 0.210 e. The SMILES string of the molecule is O=C(CSc1nnnn1C1CC1)Cc1ccccc1. The lowest BCUT2D eigenvalue weighted by Crippen LogP contribution is -2.07. The zero-order valence-corrected chi connectivity index (χ0v) is 11.2. The summed E-state index contributed by atoms with van der Waals surface area (Å²) in [7, 11) is 0. The first kappa shape index (κ1) is 12.3. The molecule has 1 heterocycles. The third kappa shape index (κ3) is 3.20. The van der Waals surface area contributed by atoms with Gasteiger partial charge in [-0.15, -0.1) is 5.10 Å². The van der Waals surface area contributed by atoms with Crippen molar-refractivity contribution in [2.45, 2.75) is 30.5 Å². The Morgan fingerprint density at radius 1 is 1.32 bits per heavy atom. The lowest BCUT2D eigenvalue weighted by Gasteiger charge is -2.02. The highest BCUT2D eigenvalue weighted by molar-refractivity contribution is 7.99. The van der Waals surface area contributed by atoms with E-state index in [-0.39, 0.29) is 5.78 Å². The van der Waals surface area contributed by atoms with Crippen molar-refractivity contribution in [3.8, 4) is 0 Å². The highest BCUT2D eigenvalue weighted by atomic mass is 32.2. The molecule has 0 aliphatic heterocycles. The van der Waals surface area contributed by atoms with Crippen LogP contribution in [0.5, 0.6) is 0 Å². The second-order valence-corrected chi connectivity index (χ2v) is 5.57. The number of hydrogen-bond donors (Lipinski definition) is 0. The van der Waals surface area contributed by atoms with E-state index in [9.17, 15) is 4.79 Å². The fourth-order valence-corrected chi connectivity index (χ4v) is 2.65. The number of aromatic nitrogens is 4. The number of ketones is 1. The van der Waals surface area contributed by atoms with Crippen LogP contribution in [-0.2, 0) is 11.2 Å². The molecule has 5 nitrogen and oxygen atoms in total. The monoisotopic (exact) mass is 274 g/mol. The summed E-state index contributed by atoms with van der Waals surface area (Å²) in [5, 5.41) is 12.4. The first-order valence-corrected chi connectivity index (χ1v) is 7.28. The van der Waals surface area contributed by atoms with E-state index in [1.807, 2.05) is 35.0 Å². The molecule has 1 aromatic carbocycles. The molecule has 0 radical (unpaired) electrons. The topological polar surface area (TPSA) is 60.7 Å². The normalized spacial score (nSPS) is 14.5. The molecule has 0 saturated heterocycles. The predicted octanol–water partition coefficient (Wildman–Crippen LogP) is 1.91. The van der Waals surface area contributed by atoms with E-state index < -0.39 is 0 Å². The molecule has 6 heteroatoms. The van der Waals surface area contributed by atoms with Crippen molar-refractivity contribution in [3.05, 3.63) is 35.9 Å². The highest BCUT2D eigenvalue weighted by Gasteiger charge is 2.28. The predicted molar refractivity (Wildman–Crippen MR) is 72.0 cm³/mol. The summed E-state index contributed by atoms with van der Waals surface area (Å²) in [4.78, 5) is 11.9. The van der Waals surface area contributed by atoms with Crippen LogP contribution in [-0.4, -0.2) is 31.7 Å². The van der Waals surface area contributed by atoms with Gasteiger partial charge in [0.05, 0.1) is 11.8 Å².